The second-order valence-electron chi connectivity index (χ2n) is 6.51. The molecule has 162 valence electrons. The lowest BCUT2D eigenvalue weighted by molar-refractivity contribution is 0.0600. The van der Waals surface area contributed by atoms with Crippen molar-refractivity contribution in [3.8, 4) is 5.69 Å². The summed E-state index contributed by atoms with van der Waals surface area (Å²) in [7, 11) is -3.19. The van der Waals surface area contributed by atoms with E-state index in [1.807, 2.05) is 30.5 Å². The standard InChI is InChI=1S/C20H19N3O7S/c1-12-4-5-13(2)23(12)17-10-14(6-8-16(17)20(25)29-3)19(24)22-21-11-15-7-9-18(30-15)31(26,27)28/h4-11H,1-3H3,(H,22,24)(H,26,27,28). The molecule has 3 rings (SSSR count). The van der Waals surface area contributed by atoms with Crippen LogP contribution in [0.4, 0.5) is 0 Å². The number of hydrogen-bond donors (Lipinski definition) is 2. The number of carbonyl (C=O) groups is 2. The number of esters is 1. The molecule has 0 saturated heterocycles. The molecule has 11 heteroatoms. The number of nitrogens with zero attached hydrogens (tertiary/aromatic N) is 2. The molecule has 1 aromatic carbocycles. The molecule has 0 radical (unpaired) electrons. The number of benzene rings is 1. The maximum absolute atomic E-state index is 12.5. The molecule has 1 amide bonds. The molecule has 0 spiro atoms. The lowest BCUT2D eigenvalue weighted by atomic mass is 10.1. The zero-order valence-corrected chi connectivity index (χ0v) is 17.6. The first-order valence-electron chi connectivity index (χ1n) is 8.90. The van der Waals surface area contributed by atoms with Crippen molar-refractivity contribution in [1.29, 1.82) is 0 Å². The van der Waals surface area contributed by atoms with Gasteiger partial charge in [-0.2, -0.15) is 13.5 Å². The maximum atomic E-state index is 12.5. The van der Waals surface area contributed by atoms with Crippen molar-refractivity contribution in [2.75, 3.05) is 7.11 Å². The summed E-state index contributed by atoms with van der Waals surface area (Å²) in [5.41, 5.74) is 5.02. The highest BCUT2D eigenvalue weighted by Gasteiger charge is 2.18. The molecule has 0 unspecified atom stereocenters. The van der Waals surface area contributed by atoms with E-state index in [-0.39, 0.29) is 11.3 Å². The van der Waals surface area contributed by atoms with E-state index in [0.717, 1.165) is 23.7 Å². The highest BCUT2D eigenvalue weighted by atomic mass is 32.2. The van der Waals surface area contributed by atoms with Gasteiger partial charge in [0, 0.05) is 17.0 Å². The van der Waals surface area contributed by atoms with Crippen LogP contribution in [0.15, 0.2) is 57.1 Å². The summed E-state index contributed by atoms with van der Waals surface area (Å²) in [6.07, 6.45) is 1.08. The quantitative estimate of drug-likeness (QED) is 0.257. The molecule has 2 N–H and O–H groups in total. The van der Waals surface area contributed by atoms with E-state index in [0.29, 0.717) is 11.3 Å². The van der Waals surface area contributed by atoms with Crippen LogP contribution >= 0.6 is 0 Å². The number of methoxy groups -OCH3 is 1. The van der Waals surface area contributed by atoms with Crippen molar-refractivity contribution in [1.82, 2.24) is 9.99 Å². The molecule has 2 heterocycles. The van der Waals surface area contributed by atoms with Crippen LogP contribution in [-0.2, 0) is 14.9 Å². The van der Waals surface area contributed by atoms with Crippen LogP contribution in [0.5, 0.6) is 0 Å². The van der Waals surface area contributed by atoms with Crippen LogP contribution in [0.25, 0.3) is 5.69 Å². The second-order valence-corrected chi connectivity index (χ2v) is 7.86. The Balaban J connectivity index is 1.87. The molecule has 0 bridgehead atoms. The number of hydrogen-bond acceptors (Lipinski definition) is 7. The van der Waals surface area contributed by atoms with Gasteiger partial charge in [-0.15, -0.1) is 0 Å². The number of hydrazone groups is 1. The normalized spacial score (nSPS) is 11.6. The Morgan fingerprint density at radius 2 is 1.81 bits per heavy atom. The van der Waals surface area contributed by atoms with Crippen molar-refractivity contribution in [2.45, 2.75) is 18.9 Å². The molecule has 2 aromatic heterocycles. The van der Waals surface area contributed by atoms with Crippen molar-refractivity contribution in [3.63, 3.8) is 0 Å². The Kier molecular flexibility index (Phi) is 6.09. The Hall–Kier alpha value is -3.70. The molecule has 31 heavy (non-hydrogen) atoms. The minimum Gasteiger partial charge on any atom is -0.465 e. The average molecular weight is 445 g/mol. The Labute approximate surface area is 177 Å². The fourth-order valence-electron chi connectivity index (χ4n) is 2.95. The van der Waals surface area contributed by atoms with Gasteiger partial charge in [-0.1, -0.05) is 0 Å². The molecule has 0 aliphatic rings. The van der Waals surface area contributed by atoms with E-state index in [4.69, 9.17) is 13.7 Å². The van der Waals surface area contributed by atoms with Gasteiger partial charge in [0.1, 0.15) is 5.76 Å². The summed E-state index contributed by atoms with van der Waals surface area (Å²) < 4.78 is 42.5. The summed E-state index contributed by atoms with van der Waals surface area (Å²) in [4.78, 5) is 24.7. The molecular weight excluding hydrogens is 426 g/mol. The molecule has 3 aromatic rings. The number of rotatable bonds is 6. The number of aromatic nitrogens is 1. The van der Waals surface area contributed by atoms with Crippen molar-refractivity contribution in [2.24, 2.45) is 5.10 Å². The summed E-state index contributed by atoms with van der Waals surface area (Å²) in [6, 6.07) is 10.6. The zero-order chi connectivity index (χ0) is 22.8. The Morgan fingerprint density at radius 3 is 2.39 bits per heavy atom. The third-order valence-electron chi connectivity index (χ3n) is 4.39. The molecule has 0 atom stereocenters. The van der Waals surface area contributed by atoms with E-state index < -0.39 is 27.1 Å². The number of furan rings is 1. The van der Waals surface area contributed by atoms with Gasteiger partial charge in [0.2, 0.25) is 5.09 Å². The lowest BCUT2D eigenvalue weighted by Crippen LogP contribution is -2.19. The first-order chi connectivity index (χ1) is 14.6. The van der Waals surface area contributed by atoms with E-state index in [2.05, 4.69) is 10.5 Å². The van der Waals surface area contributed by atoms with Gasteiger partial charge in [0.25, 0.3) is 5.91 Å². The highest BCUT2D eigenvalue weighted by Crippen LogP contribution is 2.23. The van der Waals surface area contributed by atoms with Crippen LogP contribution in [0, 0.1) is 13.8 Å². The predicted molar refractivity (Wildman–Crippen MR) is 110 cm³/mol. The zero-order valence-electron chi connectivity index (χ0n) is 16.8. The molecule has 0 fully saturated rings. The van der Waals surface area contributed by atoms with Crippen LogP contribution in [-0.4, -0.2) is 42.7 Å². The van der Waals surface area contributed by atoms with Gasteiger partial charge in [0.15, 0.2) is 0 Å². The smallest absolute Gasteiger partial charge is 0.339 e. The largest absolute Gasteiger partial charge is 0.465 e. The summed E-state index contributed by atoms with van der Waals surface area (Å²) in [6.45, 7) is 3.74. The van der Waals surface area contributed by atoms with Crippen molar-refractivity contribution >= 4 is 28.2 Å². The van der Waals surface area contributed by atoms with E-state index in [1.165, 1.54) is 25.3 Å². The first kappa shape index (κ1) is 22.0. The maximum Gasteiger partial charge on any atom is 0.339 e. The number of nitrogens with one attached hydrogen (secondary N) is 1. The van der Waals surface area contributed by atoms with Crippen LogP contribution in [0.3, 0.4) is 0 Å². The van der Waals surface area contributed by atoms with E-state index in [9.17, 15) is 18.0 Å². The average Bonchev–Trinajstić information content (AvgIpc) is 3.33. The number of ether oxygens (including phenoxy) is 1. The minimum absolute atomic E-state index is 0.00763. The van der Waals surface area contributed by atoms with Crippen molar-refractivity contribution in [3.05, 3.63) is 70.7 Å². The first-order valence-corrected chi connectivity index (χ1v) is 10.3. The van der Waals surface area contributed by atoms with Crippen LogP contribution < -0.4 is 5.43 Å². The van der Waals surface area contributed by atoms with Crippen LogP contribution in [0.2, 0.25) is 0 Å². The minimum atomic E-state index is -4.47. The SMILES string of the molecule is COC(=O)c1ccc(C(=O)NN=Cc2ccc(S(=O)(=O)O)o2)cc1-n1c(C)ccc1C. The number of aryl methyl sites for hydroxylation is 2. The summed E-state index contributed by atoms with van der Waals surface area (Å²) in [5.74, 6) is -1.11. The van der Waals surface area contributed by atoms with E-state index >= 15 is 0 Å². The van der Waals surface area contributed by atoms with Crippen molar-refractivity contribution < 1.29 is 31.7 Å². The molecule has 0 aliphatic carbocycles. The molecule has 0 aliphatic heterocycles. The third-order valence-corrected chi connectivity index (χ3v) is 5.12. The van der Waals surface area contributed by atoms with Gasteiger partial charge in [-0.05, 0) is 56.3 Å². The topological polar surface area (TPSA) is 140 Å². The fourth-order valence-corrected chi connectivity index (χ4v) is 3.39. The van der Waals surface area contributed by atoms with E-state index in [1.54, 1.807) is 6.07 Å². The molecule has 0 saturated carbocycles. The monoisotopic (exact) mass is 445 g/mol. The molecular formula is C20H19N3O7S. The lowest BCUT2D eigenvalue weighted by Gasteiger charge is -2.15. The Bertz CT molecular complexity index is 1270. The second kappa shape index (κ2) is 8.58. The Morgan fingerprint density at radius 1 is 1.13 bits per heavy atom. The van der Waals surface area contributed by atoms with Gasteiger partial charge in [0.05, 0.1) is 24.6 Å². The number of amides is 1. The predicted octanol–water partition coefficient (Wildman–Crippen LogP) is 2.48. The van der Waals surface area contributed by atoms with Gasteiger partial charge in [-0.25, -0.2) is 10.2 Å². The van der Waals surface area contributed by atoms with Gasteiger partial charge < -0.3 is 13.7 Å². The third kappa shape index (κ3) is 4.73. The van der Waals surface area contributed by atoms with Crippen LogP contribution in [0.1, 0.15) is 37.9 Å². The fraction of sp³-hybridized carbons (Fsp3) is 0.150. The molecule has 10 nitrogen and oxygen atoms in total. The van der Waals surface area contributed by atoms with Gasteiger partial charge >= 0.3 is 16.1 Å². The van der Waals surface area contributed by atoms with Gasteiger partial charge in [-0.3, -0.25) is 9.35 Å². The summed E-state index contributed by atoms with van der Waals surface area (Å²) in [5, 5.41) is 3.08. The summed E-state index contributed by atoms with van der Waals surface area (Å²) >= 11 is 0. The number of carbonyl (C=O) groups excluding carboxylic acids is 2. The highest BCUT2D eigenvalue weighted by molar-refractivity contribution is 7.85.